The molecule has 3 rings (SSSR count). The predicted molar refractivity (Wildman–Crippen MR) is 165 cm³/mol. The first-order chi connectivity index (χ1) is 20.7. The van der Waals surface area contributed by atoms with Crippen LogP contribution >= 0.6 is 0 Å². The number of hydrogen-bond donors (Lipinski definition) is 3. The first-order valence-electron chi connectivity index (χ1n) is 13.7. The topological polar surface area (TPSA) is 125 Å². The van der Waals surface area contributed by atoms with Gasteiger partial charge < -0.3 is 30.5 Å². The van der Waals surface area contributed by atoms with Gasteiger partial charge in [0.2, 0.25) is 23.7 Å². The summed E-state index contributed by atoms with van der Waals surface area (Å²) in [6.45, 7) is 2.74. The van der Waals surface area contributed by atoms with Crippen LogP contribution in [-0.2, 0) is 9.59 Å². The number of benzene rings is 1. The molecular weight excluding hydrogens is 551 g/mol. The molecule has 0 spiro atoms. The van der Waals surface area contributed by atoms with Crippen molar-refractivity contribution < 1.29 is 18.7 Å². The largest absolute Gasteiger partial charge is 0.497 e. The quantitative estimate of drug-likeness (QED) is 0.119. The number of ether oxygens (including phenoxy) is 1. The number of aromatic nitrogens is 3. The van der Waals surface area contributed by atoms with E-state index in [0.717, 1.165) is 11.4 Å². The minimum absolute atomic E-state index is 0.229. The summed E-state index contributed by atoms with van der Waals surface area (Å²) in [5.41, 5.74) is 1.87. The highest BCUT2D eigenvalue weighted by atomic mass is 19.1. The summed E-state index contributed by atoms with van der Waals surface area (Å²) >= 11 is 0. The molecule has 0 aliphatic rings. The number of rotatable bonds is 13. The summed E-state index contributed by atoms with van der Waals surface area (Å²) in [7, 11) is 7.03. The maximum atomic E-state index is 13.2. The lowest BCUT2D eigenvalue weighted by atomic mass is 10.2. The third-order valence-electron chi connectivity index (χ3n) is 6.16. The van der Waals surface area contributed by atoms with Crippen LogP contribution in [0.3, 0.4) is 0 Å². The number of anilines is 4. The molecule has 0 saturated heterocycles. The lowest BCUT2D eigenvalue weighted by Crippen LogP contribution is -2.45. The van der Waals surface area contributed by atoms with E-state index in [-0.39, 0.29) is 17.8 Å². The number of hydrogen-bond acceptors (Lipinski definition) is 9. The number of pyridine rings is 1. The Balaban J connectivity index is 1.60. The molecule has 1 unspecified atom stereocenters. The number of unbranched alkanes of at least 4 members (excludes halogenated alkanes) is 1. The first kappa shape index (κ1) is 32.5. The van der Waals surface area contributed by atoms with Gasteiger partial charge in [0.1, 0.15) is 11.8 Å². The van der Waals surface area contributed by atoms with Gasteiger partial charge in [-0.3, -0.25) is 9.59 Å². The minimum Gasteiger partial charge on any atom is -0.497 e. The fraction of sp³-hybridized carbons (Fsp3) is 0.323. The van der Waals surface area contributed by atoms with Gasteiger partial charge in [-0.2, -0.15) is 9.37 Å². The van der Waals surface area contributed by atoms with Crippen molar-refractivity contribution in [3.05, 3.63) is 72.5 Å². The molecule has 11 nitrogen and oxygen atoms in total. The van der Waals surface area contributed by atoms with Crippen LogP contribution in [0.5, 0.6) is 5.75 Å². The van der Waals surface area contributed by atoms with Crippen LogP contribution in [0.4, 0.5) is 27.5 Å². The van der Waals surface area contributed by atoms with E-state index < -0.39 is 12.0 Å². The SMILES string of the molecule is COc1ccc(Nc2nc(Nc3ccc(F)nc3)ncc2C#CCCCNC(=O)C(C)N(C)C(=O)/C=C/CN(C)C)cc1. The minimum atomic E-state index is -0.607. The average molecular weight is 589 g/mol. The van der Waals surface area contributed by atoms with Crippen LogP contribution in [0.1, 0.15) is 25.3 Å². The smallest absolute Gasteiger partial charge is 0.246 e. The average Bonchev–Trinajstić information content (AvgIpc) is 3.00. The van der Waals surface area contributed by atoms with Crippen LogP contribution in [0, 0.1) is 17.8 Å². The van der Waals surface area contributed by atoms with E-state index in [4.69, 9.17) is 4.74 Å². The van der Waals surface area contributed by atoms with E-state index in [1.54, 1.807) is 33.4 Å². The van der Waals surface area contributed by atoms with Crippen LogP contribution in [0.2, 0.25) is 0 Å². The fourth-order valence-corrected chi connectivity index (χ4v) is 3.56. The summed E-state index contributed by atoms with van der Waals surface area (Å²) in [6, 6.07) is 9.52. The molecule has 2 amide bonds. The van der Waals surface area contributed by atoms with Gasteiger partial charge in [0.05, 0.1) is 30.8 Å². The van der Waals surface area contributed by atoms with Crippen LogP contribution in [0.25, 0.3) is 0 Å². The third-order valence-corrected chi connectivity index (χ3v) is 6.16. The third kappa shape index (κ3) is 10.7. The predicted octanol–water partition coefficient (Wildman–Crippen LogP) is 3.72. The lowest BCUT2D eigenvalue weighted by molar-refractivity contribution is -0.135. The number of methoxy groups -OCH3 is 1. The summed E-state index contributed by atoms with van der Waals surface area (Å²) in [6.07, 6.45) is 7.31. The van der Waals surface area contributed by atoms with Crippen molar-refractivity contribution in [2.45, 2.75) is 25.8 Å². The Bertz CT molecular complexity index is 1450. The van der Waals surface area contributed by atoms with Crippen molar-refractivity contribution in [3.63, 3.8) is 0 Å². The molecular formula is C31H37FN8O3. The van der Waals surface area contributed by atoms with Crippen LogP contribution < -0.4 is 20.7 Å². The fourth-order valence-electron chi connectivity index (χ4n) is 3.56. The number of nitrogens with one attached hydrogen (secondary N) is 3. The van der Waals surface area contributed by atoms with E-state index in [1.165, 1.54) is 29.3 Å². The van der Waals surface area contributed by atoms with Crippen molar-refractivity contribution in [2.75, 3.05) is 52.0 Å². The molecule has 1 aromatic carbocycles. The van der Waals surface area contributed by atoms with Crippen molar-refractivity contribution in [1.82, 2.24) is 30.1 Å². The molecule has 2 aromatic heterocycles. The summed E-state index contributed by atoms with van der Waals surface area (Å²) in [4.78, 5) is 40.7. The van der Waals surface area contributed by atoms with Crippen molar-refractivity contribution >= 4 is 35.0 Å². The van der Waals surface area contributed by atoms with Gasteiger partial charge in [-0.25, -0.2) is 9.97 Å². The summed E-state index contributed by atoms with van der Waals surface area (Å²) < 4.78 is 18.4. The number of amides is 2. The van der Waals surface area contributed by atoms with E-state index in [9.17, 15) is 14.0 Å². The summed E-state index contributed by atoms with van der Waals surface area (Å²) in [5.74, 6) is 6.63. The molecule has 0 saturated carbocycles. The first-order valence-corrected chi connectivity index (χ1v) is 13.7. The zero-order valence-corrected chi connectivity index (χ0v) is 25.0. The number of carbonyl (C=O) groups is 2. The lowest BCUT2D eigenvalue weighted by Gasteiger charge is -2.23. The number of likely N-dealkylation sites (N-methyl/N-ethyl adjacent to an activating group) is 2. The molecule has 0 bridgehead atoms. The molecule has 1 atom stereocenters. The molecule has 3 N–H and O–H groups in total. The van der Waals surface area contributed by atoms with E-state index in [0.29, 0.717) is 43.0 Å². The van der Waals surface area contributed by atoms with Gasteiger partial charge in [-0.15, -0.1) is 0 Å². The Morgan fingerprint density at radius 2 is 1.79 bits per heavy atom. The Labute approximate surface area is 251 Å². The van der Waals surface area contributed by atoms with Crippen LogP contribution in [0.15, 0.2) is 60.9 Å². The molecule has 226 valence electrons. The Morgan fingerprint density at radius 1 is 1.05 bits per heavy atom. The highest BCUT2D eigenvalue weighted by molar-refractivity contribution is 5.92. The van der Waals surface area contributed by atoms with Gasteiger partial charge in [-0.05, 0) is 63.8 Å². The number of halogens is 1. The van der Waals surface area contributed by atoms with Gasteiger partial charge >= 0.3 is 0 Å². The second-order valence-corrected chi connectivity index (χ2v) is 9.79. The Kier molecular flexibility index (Phi) is 12.4. The van der Waals surface area contributed by atoms with E-state index >= 15 is 0 Å². The van der Waals surface area contributed by atoms with Gasteiger partial charge in [0.15, 0.2) is 5.82 Å². The number of nitrogens with zero attached hydrogens (tertiary/aromatic N) is 5. The van der Waals surface area contributed by atoms with Crippen molar-refractivity contribution in [2.24, 2.45) is 0 Å². The Hall–Kier alpha value is -5.02. The highest BCUT2D eigenvalue weighted by Gasteiger charge is 2.20. The summed E-state index contributed by atoms with van der Waals surface area (Å²) in [5, 5.41) is 9.12. The molecule has 43 heavy (non-hydrogen) atoms. The maximum Gasteiger partial charge on any atom is 0.246 e. The van der Waals surface area contributed by atoms with E-state index in [2.05, 4.69) is 42.7 Å². The highest BCUT2D eigenvalue weighted by Crippen LogP contribution is 2.23. The Morgan fingerprint density at radius 3 is 2.47 bits per heavy atom. The molecule has 0 radical (unpaired) electrons. The monoisotopic (exact) mass is 588 g/mol. The second kappa shape index (κ2) is 16.4. The normalized spacial score (nSPS) is 11.4. The standard InChI is InChI=1S/C31H37FN8O3/c1-22(40(4)28(41)11-9-19-39(2)3)30(42)33-18-8-6-7-10-23-20-35-31(37-25-14-17-27(32)34-21-25)38-29(23)36-24-12-15-26(43-5)16-13-24/h9,11-17,20-22H,6,8,18-19H2,1-5H3,(H,33,42)(H2,35,36,37,38)/b11-9+. The second-order valence-electron chi connectivity index (χ2n) is 9.79. The zero-order valence-electron chi connectivity index (χ0n) is 25.0. The molecule has 2 heterocycles. The molecule has 0 aliphatic heterocycles. The van der Waals surface area contributed by atoms with Crippen molar-refractivity contribution in [3.8, 4) is 17.6 Å². The molecule has 0 aliphatic carbocycles. The van der Waals surface area contributed by atoms with E-state index in [1.807, 2.05) is 43.3 Å². The zero-order chi connectivity index (χ0) is 31.2. The maximum absolute atomic E-state index is 13.2. The van der Waals surface area contributed by atoms with Crippen molar-refractivity contribution in [1.29, 1.82) is 0 Å². The van der Waals surface area contributed by atoms with Gasteiger partial charge in [0, 0.05) is 38.3 Å². The molecule has 0 fully saturated rings. The van der Waals surface area contributed by atoms with Crippen LogP contribution in [-0.4, -0.2) is 84.0 Å². The molecule has 3 aromatic rings. The number of carbonyl (C=O) groups excluding carboxylic acids is 2. The van der Waals surface area contributed by atoms with Gasteiger partial charge in [0.25, 0.3) is 0 Å². The van der Waals surface area contributed by atoms with Gasteiger partial charge in [-0.1, -0.05) is 17.9 Å². The molecule has 12 heteroatoms.